The van der Waals surface area contributed by atoms with Crippen LogP contribution < -0.4 is 0 Å². The van der Waals surface area contributed by atoms with E-state index in [0.29, 0.717) is 26.2 Å². The maximum Gasteiger partial charge on any atom is 0.0814 e. The van der Waals surface area contributed by atoms with E-state index >= 15 is 0 Å². The van der Waals surface area contributed by atoms with Gasteiger partial charge in [-0.25, -0.2) is 4.21 Å². The fourth-order valence-corrected chi connectivity index (χ4v) is 0.685. The van der Waals surface area contributed by atoms with Gasteiger partial charge in [-0.15, -0.1) is 0 Å². The van der Waals surface area contributed by atoms with Gasteiger partial charge in [-0.05, 0) is 0 Å². The summed E-state index contributed by atoms with van der Waals surface area (Å²) in [4.78, 5) is 0. The highest BCUT2D eigenvalue weighted by Gasteiger charge is 2.11. The number of piperazine rings is 1. The Morgan fingerprint density at radius 3 is 1.42 bits per heavy atom. The Labute approximate surface area is 72.2 Å². The Morgan fingerprint density at radius 2 is 1.25 bits per heavy atom. The van der Waals surface area contributed by atoms with Gasteiger partial charge in [0, 0.05) is 26.2 Å². The van der Waals surface area contributed by atoms with Crippen molar-refractivity contribution in [3.05, 3.63) is 0 Å². The van der Waals surface area contributed by atoms with Crippen molar-refractivity contribution in [3.8, 4) is 0 Å². The number of nitrogens with zero attached hydrogens (tertiary/aromatic N) is 2. The molecular formula is C4H11N2O5S-. The predicted molar refractivity (Wildman–Crippen MR) is 38.3 cm³/mol. The van der Waals surface area contributed by atoms with Crippen molar-refractivity contribution < 1.29 is 23.7 Å². The number of hydroxylamine groups is 4. The van der Waals surface area contributed by atoms with Gasteiger partial charge in [0.05, 0.1) is 11.4 Å². The van der Waals surface area contributed by atoms with Gasteiger partial charge in [-0.2, -0.15) is 10.1 Å². The van der Waals surface area contributed by atoms with Gasteiger partial charge in [-0.3, -0.25) is 0 Å². The molecule has 12 heavy (non-hydrogen) atoms. The normalized spacial score (nSPS) is 22.7. The zero-order valence-electron chi connectivity index (χ0n) is 6.29. The monoisotopic (exact) mass is 199 g/mol. The minimum atomic E-state index is -2.86. The Kier molecular flexibility index (Phi) is 6.38. The maximum absolute atomic E-state index is 8.72. The second kappa shape index (κ2) is 6.43. The first-order valence-corrected chi connectivity index (χ1v) is 4.21. The van der Waals surface area contributed by atoms with Crippen LogP contribution in [0.3, 0.4) is 0 Å². The van der Waals surface area contributed by atoms with Gasteiger partial charge in [0.2, 0.25) is 0 Å². The quantitative estimate of drug-likeness (QED) is 0.417. The molecule has 0 aromatic carbocycles. The van der Waals surface area contributed by atoms with Crippen molar-refractivity contribution >= 4 is 11.4 Å². The summed E-state index contributed by atoms with van der Waals surface area (Å²) in [5, 5.41) is 19.8. The highest BCUT2D eigenvalue weighted by Crippen LogP contribution is 1.92. The number of rotatable bonds is 0. The summed E-state index contributed by atoms with van der Waals surface area (Å²) in [6.45, 7) is 2.15. The molecule has 0 radical (unpaired) electrons. The van der Waals surface area contributed by atoms with Crippen LogP contribution in [0.1, 0.15) is 0 Å². The molecule has 0 saturated carbocycles. The van der Waals surface area contributed by atoms with E-state index in [0.717, 1.165) is 0 Å². The van der Waals surface area contributed by atoms with Crippen LogP contribution in [0.5, 0.6) is 0 Å². The van der Waals surface area contributed by atoms with Crippen molar-refractivity contribution in [2.24, 2.45) is 0 Å². The first kappa shape index (κ1) is 11.9. The molecule has 0 bridgehead atoms. The van der Waals surface area contributed by atoms with E-state index in [4.69, 9.17) is 23.7 Å². The fraction of sp³-hybridized carbons (Fsp3) is 1.00. The fourth-order valence-electron chi connectivity index (χ4n) is 0.685. The predicted octanol–water partition coefficient (Wildman–Crippen LogP) is -1.28. The third-order valence-corrected chi connectivity index (χ3v) is 1.23. The Hall–Kier alpha value is -0.0900. The lowest BCUT2D eigenvalue weighted by atomic mass is 10.4. The van der Waals surface area contributed by atoms with Crippen LogP contribution in [0.25, 0.3) is 0 Å². The Balaban J connectivity index is 0.000000261. The average molecular weight is 199 g/mol. The molecule has 1 aliphatic rings. The Bertz CT molecular complexity index is 123. The molecular weight excluding hydrogens is 188 g/mol. The summed E-state index contributed by atoms with van der Waals surface area (Å²) in [5.41, 5.74) is 0. The zero-order valence-corrected chi connectivity index (χ0v) is 7.11. The van der Waals surface area contributed by atoms with Crippen molar-refractivity contribution in [3.63, 3.8) is 0 Å². The van der Waals surface area contributed by atoms with Gasteiger partial charge in [-0.1, -0.05) is 0 Å². The van der Waals surface area contributed by atoms with Crippen molar-refractivity contribution in [1.82, 2.24) is 10.1 Å². The molecule has 1 aliphatic heterocycles. The van der Waals surface area contributed by atoms with Crippen LogP contribution in [0.15, 0.2) is 0 Å². The van der Waals surface area contributed by atoms with Gasteiger partial charge < -0.3 is 19.5 Å². The van der Waals surface area contributed by atoms with E-state index in [-0.39, 0.29) is 0 Å². The van der Waals surface area contributed by atoms with Gasteiger partial charge in [0.15, 0.2) is 0 Å². The van der Waals surface area contributed by atoms with E-state index in [9.17, 15) is 0 Å². The molecule has 1 unspecified atom stereocenters. The van der Waals surface area contributed by atoms with E-state index in [1.165, 1.54) is 10.1 Å². The van der Waals surface area contributed by atoms with Crippen LogP contribution >= 0.6 is 0 Å². The molecule has 1 fully saturated rings. The van der Waals surface area contributed by atoms with Crippen LogP contribution in [0.4, 0.5) is 0 Å². The first-order chi connectivity index (χ1) is 5.52. The van der Waals surface area contributed by atoms with E-state index in [2.05, 4.69) is 0 Å². The zero-order chi connectivity index (χ0) is 9.56. The van der Waals surface area contributed by atoms with Crippen LogP contribution in [0, 0.1) is 0 Å². The van der Waals surface area contributed by atoms with Crippen LogP contribution in [0.2, 0.25) is 0 Å². The summed E-state index contributed by atoms with van der Waals surface area (Å²) >= 11 is -2.86. The third-order valence-electron chi connectivity index (χ3n) is 1.23. The second-order valence-corrected chi connectivity index (χ2v) is 2.56. The topological polar surface area (TPSA) is 107 Å². The van der Waals surface area contributed by atoms with E-state index < -0.39 is 11.4 Å². The minimum Gasteiger partial charge on any atom is -0.750 e. The minimum absolute atomic E-state index is 0.538. The molecule has 1 rings (SSSR count). The van der Waals surface area contributed by atoms with Crippen molar-refractivity contribution in [1.29, 1.82) is 0 Å². The van der Waals surface area contributed by atoms with Crippen molar-refractivity contribution in [2.45, 2.75) is 0 Å². The molecule has 74 valence electrons. The van der Waals surface area contributed by atoms with Crippen LogP contribution in [-0.2, 0) is 11.4 Å². The molecule has 0 aliphatic carbocycles. The van der Waals surface area contributed by atoms with Crippen LogP contribution in [-0.4, -0.2) is 60.0 Å². The van der Waals surface area contributed by atoms with Gasteiger partial charge in [0.25, 0.3) is 0 Å². The second-order valence-electron chi connectivity index (χ2n) is 2.12. The molecule has 0 aromatic rings. The highest BCUT2D eigenvalue weighted by atomic mass is 32.2. The molecule has 0 aromatic heterocycles. The van der Waals surface area contributed by atoms with E-state index in [1.807, 2.05) is 0 Å². The molecule has 1 saturated heterocycles. The summed E-state index contributed by atoms with van der Waals surface area (Å²) in [6, 6.07) is 0. The molecule has 8 heteroatoms. The summed E-state index contributed by atoms with van der Waals surface area (Å²) in [6.07, 6.45) is 0. The van der Waals surface area contributed by atoms with Crippen molar-refractivity contribution in [2.75, 3.05) is 26.2 Å². The molecule has 1 heterocycles. The lowest BCUT2D eigenvalue weighted by Gasteiger charge is -2.25. The third kappa shape index (κ3) is 8.01. The lowest BCUT2D eigenvalue weighted by molar-refractivity contribution is -0.184. The summed E-state index contributed by atoms with van der Waals surface area (Å²) < 4.78 is 24.1. The number of hydrogen-bond donors (Lipinski definition) is 3. The highest BCUT2D eigenvalue weighted by molar-refractivity contribution is 7.73. The SMILES string of the molecule is O=S([O-])O.ON1CCN(O)CC1. The standard InChI is InChI=1S/C4H10N2O2.H2O3S/c7-5-1-2-6(8)4-3-5;1-4(2)3/h7-8H,1-4H2;(H2,1,2,3)/p-1. The molecule has 3 N–H and O–H groups in total. The summed E-state index contributed by atoms with van der Waals surface area (Å²) in [7, 11) is 0. The largest absolute Gasteiger partial charge is 0.750 e. The van der Waals surface area contributed by atoms with Gasteiger partial charge >= 0.3 is 0 Å². The maximum atomic E-state index is 8.72. The number of hydrogen-bond acceptors (Lipinski definition) is 6. The molecule has 1 atom stereocenters. The van der Waals surface area contributed by atoms with E-state index in [1.54, 1.807) is 0 Å². The van der Waals surface area contributed by atoms with Gasteiger partial charge in [0.1, 0.15) is 0 Å². The molecule has 0 amide bonds. The molecule has 7 nitrogen and oxygen atoms in total. The first-order valence-electron chi connectivity index (χ1n) is 3.18. The molecule has 0 spiro atoms. The smallest absolute Gasteiger partial charge is 0.0814 e. The summed E-state index contributed by atoms with van der Waals surface area (Å²) in [5.74, 6) is 0. The lowest BCUT2D eigenvalue weighted by Crippen LogP contribution is -2.42. The average Bonchev–Trinajstić information content (AvgIpc) is 1.94. The Morgan fingerprint density at radius 1 is 1.08 bits per heavy atom.